The number of nitrogens with one attached hydrogen (secondary N) is 1. The van der Waals surface area contributed by atoms with Crippen LogP contribution in [-0.2, 0) is 21.2 Å². The Morgan fingerprint density at radius 2 is 1.86 bits per heavy atom. The van der Waals surface area contributed by atoms with Crippen molar-refractivity contribution in [3.8, 4) is 5.75 Å². The van der Waals surface area contributed by atoms with Gasteiger partial charge in [0.2, 0.25) is 15.9 Å². The molecule has 158 valence electrons. The number of anilines is 1. The number of amides is 1. The van der Waals surface area contributed by atoms with Crippen LogP contribution in [0.3, 0.4) is 0 Å². The van der Waals surface area contributed by atoms with E-state index < -0.39 is 10.0 Å². The van der Waals surface area contributed by atoms with Crippen molar-refractivity contribution < 1.29 is 17.9 Å². The molecule has 2 aromatic rings. The first-order valence-corrected chi connectivity index (χ1v) is 11.6. The van der Waals surface area contributed by atoms with Crippen LogP contribution in [0.1, 0.15) is 43.9 Å². The second-order valence-electron chi connectivity index (χ2n) is 7.02. The molecule has 1 atom stereocenters. The normalized spacial score (nSPS) is 12.3. The molecule has 29 heavy (non-hydrogen) atoms. The summed E-state index contributed by atoms with van der Waals surface area (Å²) < 4.78 is 30.9. The summed E-state index contributed by atoms with van der Waals surface area (Å²) in [5.41, 5.74) is 2.83. The largest absolute Gasteiger partial charge is 0.497 e. The lowest BCUT2D eigenvalue weighted by molar-refractivity contribution is -0.121. The highest BCUT2D eigenvalue weighted by Crippen LogP contribution is 2.23. The van der Waals surface area contributed by atoms with Crippen molar-refractivity contribution in [1.82, 2.24) is 5.32 Å². The van der Waals surface area contributed by atoms with Crippen LogP contribution in [0, 0.1) is 0 Å². The van der Waals surface area contributed by atoms with E-state index in [2.05, 4.69) is 24.4 Å². The minimum absolute atomic E-state index is 0.0993. The average molecular weight is 419 g/mol. The number of sulfonamides is 1. The Balaban J connectivity index is 1.93. The minimum atomic E-state index is -3.47. The third kappa shape index (κ3) is 6.78. The molecule has 7 heteroatoms. The maximum Gasteiger partial charge on any atom is 0.232 e. The van der Waals surface area contributed by atoms with Gasteiger partial charge >= 0.3 is 0 Å². The molecule has 0 aliphatic rings. The Bertz CT molecular complexity index is 911. The topological polar surface area (TPSA) is 75.7 Å². The summed E-state index contributed by atoms with van der Waals surface area (Å²) in [6.45, 7) is 4.27. The SMILES string of the molecule is CCc1ccc(C(C)NC(=O)CCCN(c2cccc(OC)c2)S(C)(=O)=O)cc1. The zero-order chi connectivity index (χ0) is 21.4. The van der Waals surface area contributed by atoms with E-state index in [0.29, 0.717) is 17.9 Å². The molecule has 0 radical (unpaired) electrons. The molecule has 0 saturated heterocycles. The maximum absolute atomic E-state index is 12.3. The first-order chi connectivity index (χ1) is 13.7. The number of nitrogens with zero attached hydrogens (tertiary/aromatic N) is 1. The van der Waals surface area contributed by atoms with Gasteiger partial charge in [-0.15, -0.1) is 0 Å². The van der Waals surface area contributed by atoms with Crippen LogP contribution < -0.4 is 14.4 Å². The van der Waals surface area contributed by atoms with Crippen molar-refractivity contribution >= 4 is 21.6 Å². The lowest BCUT2D eigenvalue weighted by Crippen LogP contribution is -2.32. The summed E-state index contributed by atoms with van der Waals surface area (Å²) in [6, 6.07) is 15.0. The first-order valence-electron chi connectivity index (χ1n) is 9.74. The van der Waals surface area contributed by atoms with E-state index >= 15 is 0 Å². The van der Waals surface area contributed by atoms with E-state index in [4.69, 9.17) is 4.74 Å². The summed E-state index contributed by atoms with van der Waals surface area (Å²) in [5, 5.41) is 2.98. The summed E-state index contributed by atoms with van der Waals surface area (Å²) in [4.78, 5) is 12.3. The number of carbonyl (C=O) groups excluding carboxylic acids is 1. The van der Waals surface area contributed by atoms with E-state index in [-0.39, 0.29) is 24.9 Å². The fourth-order valence-electron chi connectivity index (χ4n) is 3.07. The zero-order valence-electron chi connectivity index (χ0n) is 17.5. The van der Waals surface area contributed by atoms with Gasteiger partial charge in [0.25, 0.3) is 0 Å². The molecule has 0 aliphatic carbocycles. The molecule has 2 aromatic carbocycles. The second kappa shape index (κ2) is 10.3. The predicted molar refractivity (Wildman–Crippen MR) is 117 cm³/mol. The summed E-state index contributed by atoms with van der Waals surface area (Å²) in [7, 11) is -1.93. The van der Waals surface area contributed by atoms with E-state index in [1.807, 2.05) is 19.1 Å². The summed E-state index contributed by atoms with van der Waals surface area (Å²) in [5.74, 6) is 0.480. The molecule has 0 aromatic heterocycles. The Labute approximate surface area is 173 Å². The fourth-order valence-corrected chi connectivity index (χ4v) is 4.03. The molecule has 1 unspecified atom stereocenters. The molecule has 0 fully saturated rings. The van der Waals surface area contributed by atoms with Gasteiger partial charge in [0, 0.05) is 19.0 Å². The van der Waals surface area contributed by atoms with Crippen LogP contribution in [-0.4, -0.2) is 34.2 Å². The minimum Gasteiger partial charge on any atom is -0.497 e. The van der Waals surface area contributed by atoms with Gasteiger partial charge in [-0.25, -0.2) is 8.42 Å². The van der Waals surface area contributed by atoms with Gasteiger partial charge in [0.15, 0.2) is 0 Å². The van der Waals surface area contributed by atoms with Crippen molar-refractivity contribution in [2.24, 2.45) is 0 Å². The van der Waals surface area contributed by atoms with Crippen molar-refractivity contribution in [3.05, 3.63) is 59.7 Å². The highest BCUT2D eigenvalue weighted by atomic mass is 32.2. The molecule has 1 N–H and O–H groups in total. The Hall–Kier alpha value is -2.54. The molecular weight excluding hydrogens is 388 g/mol. The molecule has 6 nitrogen and oxygen atoms in total. The van der Waals surface area contributed by atoms with Gasteiger partial charge in [0.05, 0.1) is 25.1 Å². The van der Waals surface area contributed by atoms with Crippen LogP contribution in [0.4, 0.5) is 5.69 Å². The van der Waals surface area contributed by atoms with Gasteiger partial charge in [-0.1, -0.05) is 37.3 Å². The van der Waals surface area contributed by atoms with Crippen LogP contribution in [0.2, 0.25) is 0 Å². The number of hydrogen-bond acceptors (Lipinski definition) is 4. The number of hydrogen-bond donors (Lipinski definition) is 1. The zero-order valence-corrected chi connectivity index (χ0v) is 18.3. The first kappa shape index (κ1) is 22.7. The summed E-state index contributed by atoms with van der Waals surface area (Å²) in [6.07, 6.45) is 2.80. The van der Waals surface area contributed by atoms with E-state index in [0.717, 1.165) is 18.2 Å². The van der Waals surface area contributed by atoms with Crippen LogP contribution in [0.15, 0.2) is 48.5 Å². The molecule has 0 saturated carbocycles. The van der Waals surface area contributed by atoms with Crippen molar-refractivity contribution in [3.63, 3.8) is 0 Å². The van der Waals surface area contributed by atoms with Gasteiger partial charge in [-0.05, 0) is 43.0 Å². The van der Waals surface area contributed by atoms with Crippen molar-refractivity contribution in [2.45, 2.75) is 39.2 Å². The third-order valence-corrected chi connectivity index (χ3v) is 5.97. The third-order valence-electron chi connectivity index (χ3n) is 4.77. The lowest BCUT2D eigenvalue weighted by Gasteiger charge is -2.23. The van der Waals surface area contributed by atoms with Gasteiger partial charge in [-0.2, -0.15) is 0 Å². The molecule has 0 heterocycles. The Morgan fingerprint density at radius 3 is 2.45 bits per heavy atom. The molecule has 0 aliphatic heterocycles. The Kier molecular flexibility index (Phi) is 8.08. The highest BCUT2D eigenvalue weighted by molar-refractivity contribution is 7.92. The predicted octanol–water partition coefficient (Wildman–Crippen LogP) is 3.68. The highest BCUT2D eigenvalue weighted by Gasteiger charge is 2.18. The van der Waals surface area contributed by atoms with Crippen LogP contribution >= 0.6 is 0 Å². The maximum atomic E-state index is 12.3. The number of aryl methyl sites for hydroxylation is 1. The average Bonchev–Trinajstić information content (AvgIpc) is 2.70. The molecular formula is C22H30N2O4S. The van der Waals surface area contributed by atoms with Gasteiger partial charge in [0.1, 0.15) is 5.75 Å². The number of carbonyl (C=O) groups is 1. The van der Waals surface area contributed by atoms with E-state index in [1.54, 1.807) is 24.3 Å². The van der Waals surface area contributed by atoms with Gasteiger partial charge < -0.3 is 10.1 Å². The second-order valence-corrected chi connectivity index (χ2v) is 8.93. The monoisotopic (exact) mass is 418 g/mol. The quantitative estimate of drug-likeness (QED) is 0.639. The lowest BCUT2D eigenvalue weighted by atomic mass is 10.0. The molecule has 2 rings (SSSR count). The molecule has 0 spiro atoms. The number of rotatable bonds is 10. The number of benzene rings is 2. The molecule has 0 bridgehead atoms. The summed E-state index contributed by atoms with van der Waals surface area (Å²) >= 11 is 0. The smallest absolute Gasteiger partial charge is 0.232 e. The Morgan fingerprint density at radius 1 is 1.17 bits per heavy atom. The number of methoxy groups -OCH3 is 1. The van der Waals surface area contributed by atoms with E-state index in [1.165, 1.54) is 17.0 Å². The number of ether oxygens (including phenoxy) is 1. The fraction of sp³-hybridized carbons (Fsp3) is 0.409. The van der Waals surface area contributed by atoms with Crippen molar-refractivity contribution in [2.75, 3.05) is 24.2 Å². The van der Waals surface area contributed by atoms with E-state index in [9.17, 15) is 13.2 Å². The van der Waals surface area contributed by atoms with Crippen molar-refractivity contribution in [1.29, 1.82) is 0 Å². The standard InChI is InChI=1S/C22H30N2O4S/c1-5-18-11-13-19(14-12-18)17(2)23-22(25)10-7-15-24(29(4,26)27)20-8-6-9-21(16-20)28-3/h6,8-9,11-14,16-17H,5,7,10,15H2,1-4H3,(H,23,25). The van der Waals surface area contributed by atoms with Gasteiger partial charge in [-0.3, -0.25) is 9.10 Å². The molecule has 1 amide bonds. The van der Waals surface area contributed by atoms with Crippen LogP contribution in [0.25, 0.3) is 0 Å². The van der Waals surface area contributed by atoms with Crippen LogP contribution in [0.5, 0.6) is 5.75 Å².